The highest BCUT2D eigenvalue weighted by Crippen LogP contribution is 2.29. The van der Waals surface area contributed by atoms with Gasteiger partial charge < -0.3 is 9.72 Å². The van der Waals surface area contributed by atoms with Crippen LogP contribution < -0.4 is 4.74 Å². The SMILES string of the molecule is COc1ccc(-c2cc(-c3ccccc3)[nH]c(=S)c2C#N)cc1. The number of ether oxygens (including phenoxy) is 1. The molecule has 23 heavy (non-hydrogen) atoms. The van der Waals surface area contributed by atoms with Crippen molar-refractivity contribution in [3.05, 3.63) is 70.9 Å². The number of aromatic amines is 1. The zero-order valence-corrected chi connectivity index (χ0v) is 13.4. The molecule has 1 N–H and O–H groups in total. The van der Waals surface area contributed by atoms with Crippen LogP contribution in [0.15, 0.2) is 60.7 Å². The van der Waals surface area contributed by atoms with Crippen molar-refractivity contribution in [1.82, 2.24) is 4.98 Å². The summed E-state index contributed by atoms with van der Waals surface area (Å²) in [5.74, 6) is 0.775. The predicted octanol–water partition coefficient (Wildman–Crippen LogP) is 4.96. The fraction of sp³-hybridized carbons (Fsp3) is 0.0526. The van der Waals surface area contributed by atoms with Crippen molar-refractivity contribution in [3.8, 4) is 34.2 Å². The molecule has 3 rings (SSSR count). The van der Waals surface area contributed by atoms with E-state index in [4.69, 9.17) is 17.0 Å². The van der Waals surface area contributed by atoms with E-state index in [9.17, 15) is 5.26 Å². The van der Waals surface area contributed by atoms with Crippen LogP contribution in [0.4, 0.5) is 0 Å². The molecule has 4 heteroatoms. The quantitative estimate of drug-likeness (QED) is 0.694. The van der Waals surface area contributed by atoms with Crippen molar-refractivity contribution in [2.75, 3.05) is 7.11 Å². The zero-order valence-electron chi connectivity index (χ0n) is 12.5. The van der Waals surface area contributed by atoms with E-state index in [0.717, 1.165) is 28.1 Å². The molecular formula is C19H14N2OS. The lowest BCUT2D eigenvalue weighted by Crippen LogP contribution is -1.93. The summed E-state index contributed by atoms with van der Waals surface area (Å²) in [5.41, 5.74) is 4.14. The summed E-state index contributed by atoms with van der Waals surface area (Å²) in [5, 5.41) is 9.46. The van der Waals surface area contributed by atoms with Crippen molar-refractivity contribution < 1.29 is 4.74 Å². The molecule has 1 aromatic heterocycles. The first-order valence-electron chi connectivity index (χ1n) is 7.10. The fourth-order valence-electron chi connectivity index (χ4n) is 2.44. The molecule has 0 atom stereocenters. The first-order valence-corrected chi connectivity index (χ1v) is 7.51. The first-order chi connectivity index (χ1) is 11.2. The van der Waals surface area contributed by atoms with E-state index in [-0.39, 0.29) is 0 Å². The third kappa shape index (κ3) is 3.01. The smallest absolute Gasteiger partial charge is 0.122 e. The number of H-pyrrole nitrogens is 1. The number of rotatable bonds is 3. The number of benzene rings is 2. The van der Waals surface area contributed by atoms with Gasteiger partial charge in [-0.25, -0.2) is 0 Å². The minimum absolute atomic E-state index is 0.444. The van der Waals surface area contributed by atoms with Gasteiger partial charge in [0, 0.05) is 11.3 Å². The van der Waals surface area contributed by atoms with Gasteiger partial charge in [0.15, 0.2) is 0 Å². The van der Waals surface area contributed by atoms with Crippen molar-refractivity contribution in [2.45, 2.75) is 0 Å². The topological polar surface area (TPSA) is 48.8 Å². The predicted molar refractivity (Wildman–Crippen MR) is 93.8 cm³/mol. The van der Waals surface area contributed by atoms with E-state index in [1.807, 2.05) is 60.7 Å². The van der Waals surface area contributed by atoms with Crippen molar-refractivity contribution in [2.24, 2.45) is 0 Å². The molecule has 1 heterocycles. The molecule has 2 aromatic carbocycles. The molecule has 0 spiro atoms. The van der Waals surface area contributed by atoms with E-state index >= 15 is 0 Å². The van der Waals surface area contributed by atoms with Gasteiger partial charge >= 0.3 is 0 Å². The highest BCUT2D eigenvalue weighted by molar-refractivity contribution is 7.71. The minimum Gasteiger partial charge on any atom is -0.497 e. The van der Waals surface area contributed by atoms with Crippen molar-refractivity contribution in [3.63, 3.8) is 0 Å². The zero-order chi connectivity index (χ0) is 16.2. The second-order valence-electron chi connectivity index (χ2n) is 5.01. The van der Waals surface area contributed by atoms with Gasteiger partial charge in [0.05, 0.1) is 12.7 Å². The Morgan fingerprint density at radius 3 is 2.30 bits per heavy atom. The molecule has 0 aliphatic heterocycles. The molecule has 0 bridgehead atoms. The molecule has 112 valence electrons. The molecule has 3 nitrogen and oxygen atoms in total. The Balaban J connectivity index is 2.20. The van der Waals surface area contributed by atoms with Crippen LogP contribution in [-0.2, 0) is 0 Å². The highest BCUT2D eigenvalue weighted by Gasteiger charge is 2.10. The number of hydrogen-bond acceptors (Lipinski definition) is 3. The normalized spacial score (nSPS) is 10.1. The van der Waals surface area contributed by atoms with Crippen molar-refractivity contribution >= 4 is 12.2 Å². The van der Waals surface area contributed by atoms with Gasteiger partial charge in [-0.15, -0.1) is 0 Å². The lowest BCUT2D eigenvalue weighted by atomic mass is 9.99. The lowest BCUT2D eigenvalue weighted by molar-refractivity contribution is 0.415. The van der Waals surface area contributed by atoms with Gasteiger partial charge in [-0.3, -0.25) is 0 Å². The number of pyridine rings is 1. The molecule has 0 radical (unpaired) electrons. The van der Waals surface area contributed by atoms with E-state index in [1.165, 1.54) is 0 Å². The summed E-state index contributed by atoms with van der Waals surface area (Å²) in [7, 11) is 1.63. The van der Waals surface area contributed by atoms with E-state index in [1.54, 1.807) is 7.11 Å². The Kier molecular flexibility index (Phi) is 4.22. The maximum atomic E-state index is 9.46. The van der Waals surface area contributed by atoms with E-state index < -0.39 is 0 Å². The van der Waals surface area contributed by atoms with Crippen LogP contribution in [0, 0.1) is 16.0 Å². The maximum absolute atomic E-state index is 9.46. The van der Waals surface area contributed by atoms with Crippen LogP contribution in [0.3, 0.4) is 0 Å². The number of hydrogen-bond donors (Lipinski definition) is 1. The highest BCUT2D eigenvalue weighted by atomic mass is 32.1. The molecule has 0 aliphatic rings. The molecule has 3 aromatic rings. The molecule has 0 aliphatic carbocycles. The van der Waals surface area contributed by atoms with Crippen LogP contribution in [-0.4, -0.2) is 12.1 Å². The third-order valence-electron chi connectivity index (χ3n) is 3.63. The molecule has 0 saturated carbocycles. The lowest BCUT2D eigenvalue weighted by Gasteiger charge is -2.10. The number of nitrogens with zero attached hydrogens (tertiary/aromatic N) is 1. The number of aromatic nitrogens is 1. The summed E-state index contributed by atoms with van der Waals surface area (Å²) in [6.07, 6.45) is 0. The minimum atomic E-state index is 0.444. The summed E-state index contributed by atoms with van der Waals surface area (Å²) < 4.78 is 5.63. The fourth-order valence-corrected chi connectivity index (χ4v) is 2.71. The van der Waals surface area contributed by atoms with E-state index in [2.05, 4.69) is 11.1 Å². The van der Waals surface area contributed by atoms with Crippen LogP contribution in [0.25, 0.3) is 22.4 Å². The summed E-state index contributed by atoms with van der Waals surface area (Å²) in [6, 6.07) is 21.7. The Morgan fingerprint density at radius 1 is 1.00 bits per heavy atom. The molecule has 0 unspecified atom stereocenters. The van der Waals surface area contributed by atoms with Gasteiger partial charge in [0.1, 0.15) is 16.5 Å². The van der Waals surface area contributed by atoms with Crippen LogP contribution in [0.5, 0.6) is 5.75 Å². The average molecular weight is 318 g/mol. The third-order valence-corrected chi connectivity index (χ3v) is 3.94. The Morgan fingerprint density at radius 2 is 1.70 bits per heavy atom. The monoisotopic (exact) mass is 318 g/mol. The van der Waals surface area contributed by atoms with Gasteiger partial charge in [-0.1, -0.05) is 54.7 Å². The van der Waals surface area contributed by atoms with Crippen LogP contribution in [0.2, 0.25) is 0 Å². The van der Waals surface area contributed by atoms with Gasteiger partial charge in [0.25, 0.3) is 0 Å². The number of methoxy groups -OCH3 is 1. The second-order valence-corrected chi connectivity index (χ2v) is 5.42. The number of nitriles is 1. The maximum Gasteiger partial charge on any atom is 0.122 e. The Bertz CT molecular complexity index is 922. The summed E-state index contributed by atoms with van der Waals surface area (Å²) in [6.45, 7) is 0. The summed E-state index contributed by atoms with van der Waals surface area (Å²) in [4.78, 5) is 3.14. The Labute approximate surface area is 139 Å². The average Bonchev–Trinajstić information content (AvgIpc) is 2.62. The molecular weight excluding hydrogens is 304 g/mol. The number of nitrogens with one attached hydrogen (secondary N) is 1. The van der Waals surface area contributed by atoms with Crippen LogP contribution >= 0.6 is 12.2 Å². The van der Waals surface area contributed by atoms with Gasteiger partial charge in [-0.2, -0.15) is 5.26 Å². The van der Waals surface area contributed by atoms with Crippen LogP contribution in [0.1, 0.15) is 5.56 Å². The van der Waals surface area contributed by atoms with Gasteiger partial charge in [0.2, 0.25) is 0 Å². The largest absolute Gasteiger partial charge is 0.497 e. The molecule has 0 amide bonds. The first kappa shape index (κ1) is 15.0. The van der Waals surface area contributed by atoms with E-state index in [0.29, 0.717) is 10.2 Å². The van der Waals surface area contributed by atoms with Gasteiger partial charge in [-0.05, 0) is 29.3 Å². The van der Waals surface area contributed by atoms with Crippen molar-refractivity contribution in [1.29, 1.82) is 5.26 Å². The second kappa shape index (κ2) is 6.47. The standard InChI is InChI=1S/C19H14N2OS/c1-22-15-9-7-13(8-10-15)16-11-18(14-5-3-2-4-6-14)21-19(23)17(16)12-20/h2-11H,1H3,(H,21,23). The molecule has 0 saturated heterocycles. The molecule has 0 fully saturated rings. The summed E-state index contributed by atoms with van der Waals surface area (Å²) >= 11 is 5.37. The Hall–Kier alpha value is -2.90.